The number of methoxy groups -OCH3 is 2. The third-order valence-corrected chi connectivity index (χ3v) is 5.37. The quantitative estimate of drug-likeness (QED) is 0.156. The number of carbonyl (C=O) groups is 1. The van der Waals surface area contributed by atoms with Gasteiger partial charge in [-0.25, -0.2) is 14.8 Å². The highest BCUT2D eigenvalue weighted by atomic mass is 16.5. The third kappa shape index (κ3) is 4.78. The van der Waals surface area contributed by atoms with Crippen molar-refractivity contribution in [2.75, 3.05) is 19.5 Å². The maximum atomic E-state index is 12.7. The Balaban J connectivity index is 1.87. The number of aromatic amines is 1. The predicted molar refractivity (Wildman–Crippen MR) is 132 cm³/mol. The first-order valence-corrected chi connectivity index (χ1v) is 10.8. The Morgan fingerprint density at radius 3 is 2.42 bits per heavy atom. The topological polar surface area (TPSA) is 174 Å². The van der Waals surface area contributed by atoms with Crippen LogP contribution in [-0.4, -0.2) is 50.6 Å². The molecule has 4 aromatic rings. The maximum absolute atomic E-state index is 12.7. The zero-order valence-corrected chi connectivity index (χ0v) is 19.8. The highest BCUT2D eigenvalue weighted by molar-refractivity contribution is 5.98. The molecule has 2 aromatic heterocycles. The smallest absolute Gasteiger partial charge is 0.350 e. The molecular weight excluding hydrogens is 464 g/mol. The molecule has 0 saturated heterocycles. The molecule has 0 aliphatic rings. The van der Waals surface area contributed by atoms with Crippen LogP contribution >= 0.6 is 0 Å². The van der Waals surface area contributed by atoms with Crippen LogP contribution in [0.25, 0.3) is 5.95 Å². The molecule has 2 aromatic carbocycles. The second-order valence-corrected chi connectivity index (χ2v) is 7.70. The van der Waals surface area contributed by atoms with E-state index in [0.717, 1.165) is 4.68 Å². The molecule has 12 heteroatoms. The number of H-pyrrole nitrogens is 1. The molecule has 0 saturated carbocycles. The predicted octanol–water partition coefficient (Wildman–Crippen LogP) is 2.06. The Morgan fingerprint density at radius 1 is 1.14 bits per heavy atom. The van der Waals surface area contributed by atoms with Crippen LogP contribution in [0.1, 0.15) is 40.3 Å². The van der Waals surface area contributed by atoms with Gasteiger partial charge in [-0.15, -0.1) is 9.78 Å². The van der Waals surface area contributed by atoms with Gasteiger partial charge < -0.3 is 20.5 Å². The summed E-state index contributed by atoms with van der Waals surface area (Å²) >= 11 is 0. The molecule has 0 fully saturated rings. The van der Waals surface area contributed by atoms with Crippen LogP contribution in [0.4, 0.5) is 5.69 Å². The van der Waals surface area contributed by atoms with Crippen molar-refractivity contribution in [1.29, 1.82) is 5.41 Å². The van der Waals surface area contributed by atoms with E-state index in [0.29, 0.717) is 33.9 Å². The first-order valence-electron chi connectivity index (χ1n) is 10.8. The van der Waals surface area contributed by atoms with Crippen molar-refractivity contribution in [3.63, 3.8) is 0 Å². The summed E-state index contributed by atoms with van der Waals surface area (Å²) in [5, 5.41) is 15.3. The van der Waals surface area contributed by atoms with Gasteiger partial charge in [-0.1, -0.05) is 0 Å². The van der Waals surface area contributed by atoms with Crippen LogP contribution in [-0.2, 0) is 0 Å². The number of hydrogen-bond acceptors (Lipinski definition) is 9. The van der Waals surface area contributed by atoms with Crippen LogP contribution in [0.15, 0.2) is 59.7 Å². The average molecular weight is 489 g/mol. The lowest BCUT2D eigenvalue weighted by Crippen LogP contribution is -2.18. The molecule has 0 unspecified atom stereocenters. The van der Waals surface area contributed by atoms with Gasteiger partial charge in [0.15, 0.2) is 23.1 Å². The van der Waals surface area contributed by atoms with Crippen LogP contribution in [0.5, 0.6) is 11.5 Å². The molecule has 2 heterocycles. The van der Waals surface area contributed by atoms with Crippen molar-refractivity contribution >= 4 is 17.3 Å². The number of aromatic nitrogens is 5. The fraction of sp³-hybridized carbons (Fsp3) is 0.167. The highest BCUT2D eigenvalue weighted by Crippen LogP contribution is 2.37. The Bertz CT molecular complexity index is 1460. The fourth-order valence-corrected chi connectivity index (χ4v) is 3.64. The Kier molecular flexibility index (Phi) is 6.77. The van der Waals surface area contributed by atoms with Crippen molar-refractivity contribution in [2.45, 2.75) is 13.0 Å². The standard InChI is InChI=1S/C24H24N8O4/c1-13(33)17-11-15(12-18(35-2)20(17)36-3)19(29-16-7-5-14(6-8-16)21(25)26)22-30-24(34)32(31-22)23-27-9-4-10-28-23/h4-12,19,29H,1-3H3,(H3,25,26)(H,30,31,34)/t19-/m0/s1. The number of benzene rings is 2. The SMILES string of the molecule is COc1cc([C@H](Nc2ccc(C(=N)N)cc2)c2nn(-c3ncccn3)c(=O)[nH]2)cc(C(C)=O)c1OC. The fourth-order valence-electron chi connectivity index (χ4n) is 3.64. The Hall–Kier alpha value is -5.00. The summed E-state index contributed by atoms with van der Waals surface area (Å²) in [5.41, 5.74) is 7.11. The maximum Gasteiger partial charge on any atom is 0.350 e. The van der Waals surface area contributed by atoms with E-state index in [2.05, 4.69) is 25.4 Å². The molecule has 12 nitrogen and oxygen atoms in total. The molecule has 0 bridgehead atoms. The molecule has 0 spiro atoms. The molecule has 0 aliphatic carbocycles. The number of carbonyl (C=O) groups excluding carboxylic acids is 1. The van der Waals surface area contributed by atoms with Gasteiger partial charge in [-0.2, -0.15) is 0 Å². The average Bonchev–Trinajstić information content (AvgIpc) is 3.28. The van der Waals surface area contributed by atoms with Crippen LogP contribution in [0.2, 0.25) is 0 Å². The molecule has 0 amide bonds. The summed E-state index contributed by atoms with van der Waals surface area (Å²) in [4.78, 5) is 36.1. The third-order valence-electron chi connectivity index (χ3n) is 5.37. The monoisotopic (exact) mass is 488 g/mol. The van der Waals surface area contributed by atoms with Gasteiger partial charge in [0.05, 0.1) is 19.8 Å². The molecular formula is C24H24N8O4. The minimum atomic E-state index is -0.733. The second-order valence-electron chi connectivity index (χ2n) is 7.70. The van der Waals surface area contributed by atoms with Gasteiger partial charge in [0.1, 0.15) is 11.9 Å². The van der Waals surface area contributed by atoms with Crippen LogP contribution in [0, 0.1) is 5.41 Å². The summed E-state index contributed by atoms with van der Waals surface area (Å²) < 4.78 is 11.9. The zero-order valence-electron chi connectivity index (χ0n) is 19.8. The van der Waals surface area contributed by atoms with Gasteiger partial charge in [-0.05, 0) is 55.0 Å². The minimum Gasteiger partial charge on any atom is -0.493 e. The number of ketones is 1. The van der Waals surface area contributed by atoms with Crippen LogP contribution in [0.3, 0.4) is 0 Å². The van der Waals surface area contributed by atoms with Crippen molar-refractivity contribution in [3.05, 3.63) is 87.9 Å². The summed E-state index contributed by atoms with van der Waals surface area (Å²) in [6, 6.07) is 11.1. The van der Waals surface area contributed by atoms with E-state index in [-0.39, 0.29) is 23.4 Å². The van der Waals surface area contributed by atoms with E-state index in [9.17, 15) is 9.59 Å². The number of hydrogen-bond donors (Lipinski definition) is 4. The van der Waals surface area contributed by atoms with E-state index in [1.165, 1.54) is 33.5 Å². The molecule has 36 heavy (non-hydrogen) atoms. The van der Waals surface area contributed by atoms with E-state index in [1.807, 2.05) is 0 Å². The van der Waals surface area contributed by atoms with Gasteiger partial charge in [0.2, 0.25) is 0 Å². The lowest BCUT2D eigenvalue weighted by Gasteiger charge is -2.21. The molecule has 4 rings (SSSR count). The molecule has 1 atom stereocenters. The largest absolute Gasteiger partial charge is 0.493 e. The number of rotatable bonds is 9. The molecule has 5 N–H and O–H groups in total. The molecule has 184 valence electrons. The number of nitrogens with one attached hydrogen (secondary N) is 3. The Morgan fingerprint density at radius 2 is 1.83 bits per heavy atom. The summed E-state index contributed by atoms with van der Waals surface area (Å²) in [7, 11) is 2.92. The van der Waals surface area contributed by atoms with Gasteiger partial charge >= 0.3 is 5.69 Å². The van der Waals surface area contributed by atoms with E-state index in [4.69, 9.17) is 20.6 Å². The number of nitrogen functional groups attached to an aromatic ring is 1. The van der Waals surface area contributed by atoms with Crippen molar-refractivity contribution < 1.29 is 14.3 Å². The van der Waals surface area contributed by atoms with Crippen LogP contribution < -0.4 is 26.2 Å². The number of amidine groups is 1. The summed E-state index contributed by atoms with van der Waals surface area (Å²) in [6.07, 6.45) is 3.01. The van der Waals surface area contributed by atoms with E-state index >= 15 is 0 Å². The van der Waals surface area contributed by atoms with Crippen molar-refractivity contribution in [3.8, 4) is 17.4 Å². The summed E-state index contributed by atoms with van der Waals surface area (Å²) in [6.45, 7) is 1.42. The van der Waals surface area contributed by atoms with E-state index < -0.39 is 11.7 Å². The van der Waals surface area contributed by atoms with Gasteiger partial charge in [0, 0.05) is 23.6 Å². The minimum absolute atomic E-state index is 0.0602. The second kappa shape index (κ2) is 10.1. The number of nitrogens with two attached hydrogens (primary N) is 1. The van der Waals surface area contributed by atoms with Gasteiger partial charge in [-0.3, -0.25) is 15.2 Å². The lowest BCUT2D eigenvalue weighted by atomic mass is 9.99. The highest BCUT2D eigenvalue weighted by Gasteiger charge is 2.25. The van der Waals surface area contributed by atoms with Gasteiger partial charge in [0.25, 0.3) is 5.95 Å². The number of ether oxygens (including phenoxy) is 2. The van der Waals surface area contributed by atoms with Crippen molar-refractivity contribution in [2.24, 2.45) is 5.73 Å². The van der Waals surface area contributed by atoms with Crippen molar-refractivity contribution in [1.82, 2.24) is 24.7 Å². The zero-order chi connectivity index (χ0) is 25.8. The Labute approximate surface area is 205 Å². The molecule has 0 radical (unpaired) electrons. The number of Topliss-reactive ketones (excluding diaryl/α,β-unsaturated/α-hetero) is 1. The normalized spacial score (nSPS) is 11.5. The number of anilines is 1. The van der Waals surface area contributed by atoms with E-state index in [1.54, 1.807) is 42.5 Å². The lowest BCUT2D eigenvalue weighted by molar-refractivity contribution is 0.101. The first kappa shape index (κ1) is 24.1. The number of nitrogens with zero attached hydrogens (tertiary/aromatic N) is 4. The molecule has 0 aliphatic heterocycles. The summed E-state index contributed by atoms with van der Waals surface area (Å²) in [5.74, 6) is 0.696. The first-order chi connectivity index (χ1) is 17.3.